The number of halogens is 1. The molecule has 0 fully saturated rings. The van der Waals surface area contributed by atoms with E-state index in [1.165, 1.54) is 23.5 Å². The van der Waals surface area contributed by atoms with Crippen molar-refractivity contribution < 1.29 is 23.8 Å². The minimum absolute atomic E-state index is 0.236. The van der Waals surface area contributed by atoms with Crippen LogP contribution < -0.4 is 15.4 Å². The number of anilines is 1. The number of nitrogens with zero attached hydrogens (tertiary/aromatic N) is 1. The summed E-state index contributed by atoms with van der Waals surface area (Å²) in [5, 5.41) is 15.9. The molecular formula is C27H32FN3O4S. The molecule has 0 saturated carbocycles. The number of carbonyl (C=O) groups excluding carboxylic acids is 2. The Morgan fingerprint density at radius 2 is 1.86 bits per heavy atom. The molecule has 0 bridgehead atoms. The van der Waals surface area contributed by atoms with Crippen LogP contribution in [0.25, 0.3) is 10.4 Å². The predicted octanol–water partition coefficient (Wildman–Crippen LogP) is 5.16. The van der Waals surface area contributed by atoms with E-state index in [1.807, 2.05) is 37.3 Å². The molecule has 3 rings (SSSR count). The van der Waals surface area contributed by atoms with Gasteiger partial charge in [0.25, 0.3) is 0 Å². The Hall–Kier alpha value is -3.30. The number of ether oxygens (including phenoxy) is 1. The monoisotopic (exact) mass is 513 g/mol. The summed E-state index contributed by atoms with van der Waals surface area (Å²) in [7, 11) is 0. The van der Waals surface area contributed by atoms with Gasteiger partial charge in [0.2, 0.25) is 11.8 Å². The third-order valence-corrected chi connectivity index (χ3v) is 6.44. The minimum Gasteiger partial charge on any atom is -0.489 e. The zero-order valence-corrected chi connectivity index (χ0v) is 21.7. The van der Waals surface area contributed by atoms with Gasteiger partial charge in [-0.1, -0.05) is 69.7 Å². The number of hydrogen-bond donors (Lipinski definition) is 3. The summed E-state index contributed by atoms with van der Waals surface area (Å²) in [5.74, 6) is -0.723. The molecule has 0 aliphatic carbocycles. The molecule has 36 heavy (non-hydrogen) atoms. The molecule has 0 aliphatic heterocycles. The smallest absolute Gasteiger partial charge is 0.250 e. The Labute approximate surface area is 214 Å². The molecule has 192 valence electrons. The van der Waals surface area contributed by atoms with Gasteiger partial charge in [0, 0.05) is 11.8 Å². The molecule has 0 saturated heterocycles. The van der Waals surface area contributed by atoms with Gasteiger partial charge in [-0.05, 0) is 41.7 Å². The van der Waals surface area contributed by atoms with Gasteiger partial charge >= 0.3 is 0 Å². The number of benzene rings is 2. The maximum Gasteiger partial charge on any atom is 0.250 e. The van der Waals surface area contributed by atoms with E-state index in [4.69, 9.17) is 4.74 Å². The Bertz CT molecular complexity index is 1180. The highest BCUT2D eigenvalue weighted by molar-refractivity contribution is 7.19. The van der Waals surface area contributed by atoms with Crippen LogP contribution in [0.5, 0.6) is 5.75 Å². The predicted molar refractivity (Wildman–Crippen MR) is 139 cm³/mol. The lowest BCUT2D eigenvalue weighted by atomic mass is 9.88. The molecular weight excluding hydrogens is 481 g/mol. The molecule has 3 aromatic rings. The third-order valence-electron chi connectivity index (χ3n) is 5.49. The number of para-hydroxylation sites is 1. The fraction of sp³-hybridized carbons (Fsp3) is 0.370. The van der Waals surface area contributed by atoms with Crippen molar-refractivity contribution in [1.82, 2.24) is 10.3 Å². The second-order valence-electron chi connectivity index (χ2n) is 9.54. The molecule has 0 unspecified atom stereocenters. The van der Waals surface area contributed by atoms with Gasteiger partial charge in [0.15, 0.2) is 5.13 Å². The van der Waals surface area contributed by atoms with E-state index in [0.717, 1.165) is 5.56 Å². The number of amides is 2. The van der Waals surface area contributed by atoms with Gasteiger partial charge < -0.3 is 20.5 Å². The van der Waals surface area contributed by atoms with E-state index in [9.17, 15) is 19.1 Å². The van der Waals surface area contributed by atoms with Crippen LogP contribution in [0.2, 0.25) is 0 Å². The molecule has 0 aliphatic rings. The number of aliphatic hydroxyl groups excluding tert-OH is 1. The first-order valence-electron chi connectivity index (χ1n) is 11.8. The van der Waals surface area contributed by atoms with Crippen molar-refractivity contribution in [2.75, 3.05) is 5.32 Å². The van der Waals surface area contributed by atoms with Crippen molar-refractivity contribution in [1.29, 1.82) is 0 Å². The molecule has 1 heterocycles. The van der Waals surface area contributed by atoms with Gasteiger partial charge in [-0.15, -0.1) is 0 Å². The van der Waals surface area contributed by atoms with E-state index < -0.39 is 35.2 Å². The molecule has 2 amide bonds. The van der Waals surface area contributed by atoms with Crippen molar-refractivity contribution in [2.24, 2.45) is 5.41 Å². The SMILES string of the molecule is CCC[C@H](NC(=O)[C@@H](O)C(C)(C)C)C(=O)Nc1ncc(-c2cc(F)ccc2COc2ccccc2)s1. The highest BCUT2D eigenvalue weighted by Gasteiger charge is 2.32. The van der Waals surface area contributed by atoms with Crippen LogP contribution in [0, 0.1) is 11.2 Å². The average molecular weight is 514 g/mol. The largest absolute Gasteiger partial charge is 0.489 e. The Balaban J connectivity index is 1.73. The van der Waals surface area contributed by atoms with Crippen molar-refractivity contribution in [3.63, 3.8) is 0 Å². The normalized spacial score (nSPS) is 13.1. The van der Waals surface area contributed by atoms with Crippen LogP contribution in [0.1, 0.15) is 46.1 Å². The van der Waals surface area contributed by atoms with Crippen molar-refractivity contribution in [3.05, 3.63) is 66.1 Å². The highest BCUT2D eigenvalue weighted by Crippen LogP contribution is 2.33. The molecule has 7 nitrogen and oxygen atoms in total. The Kier molecular flexibility index (Phi) is 9.17. The van der Waals surface area contributed by atoms with Crippen LogP contribution in [0.3, 0.4) is 0 Å². The van der Waals surface area contributed by atoms with Gasteiger partial charge in [-0.25, -0.2) is 9.37 Å². The third kappa shape index (κ3) is 7.35. The molecule has 9 heteroatoms. The maximum absolute atomic E-state index is 14.1. The van der Waals surface area contributed by atoms with Gasteiger partial charge in [-0.2, -0.15) is 0 Å². The first-order valence-corrected chi connectivity index (χ1v) is 12.6. The molecule has 3 N–H and O–H groups in total. The summed E-state index contributed by atoms with van der Waals surface area (Å²) >= 11 is 1.20. The maximum atomic E-state index is 14.1. The standard InChI is InChI=1S/C27H32FN3O4S/c1-5-9-21(30-25(34)23(32)27(2,3)4)24(33)31-26-29-15-22(36-26)20-14-18(28)13-12-17(20)16-35-19-10-7-6-8-11-19/h6-8,10-15,21,23,32H,5,9,16H2,1-4H3,(H,30,34)(H,29,31,33)/t21-,23+/m0/s1. The molecule has 2 aromatic carbocycles. The van der Waals surface area contributed by atoms with E-state index in [0.29, 0.717) is 34.2 Å². The summed E-state index contributed by atoms with van der Waals surface area (Å²) < 4.78 is 19.9. The lowest BCUT2D eigenvalue weighted by Gasteiger charge is -2.26. The van der Waals surface area contributed by atoms with Crippen LogP contribution in [0.15, 0.2) is 54.7 Å². The number of carbonyl (C=O) groups is 2. The number of rotatable bonds is 10. The van der Waals surface area contributed by atoms with Crippen LogP contribution in [0.4, 0.5) is 9.52 Å². The molecule has 2 atom stereocenters. The van der Waals surface area contributed by atoms with E-state index in [1.54, 1.807) is 33.0 Å². The van der Waals surface area contributed by atoms with E-state index in [-0.39, 0.29) is 6.61 Å². The van der Waals surface area contributed by atoms with Crippen LogP contribution >= 0.6 is 11.3 Å². The number of thiazole rings is 1. The second-order valence-corrected chi connectivity index (χ2v) is 10.6. The van der Waals surface area contributed by atoms with E-state index in [2.05, 4.69) is 15.6 Å². The second kappa shape index (κ2) is 12.1. The first-order chi connectivity index (χ1) is 17.1. The average Bonchev–Trinajstić information content (AvgIpc) is 3.30. The van der Waals surface area contributed by atoms with Gasteiger partial charge in [0.1, 0.15) is 30.3 Å². The van der Waals surface area contributed by atoms with E-state index >= 15 is 0 Å². The zero-order valence-electron chi connectivity index (χ0n) is 20.9. The number of nitrogens with one attached hydrogen (secondary N) is 2. The van der Waals surface area contributed by atoms with Crippen LogP contribution in [-0.2, 0) is 16.2 Å². The summed E-state index contributed by atoms with van der Waals surface area (Å²) in [5.41, 5.74) is 0.735. The van der Waals surface area contributed by atoms with Crippen molar-refractivity contribution in [3.8, 4) is 16.2 Å². The quantitative estimate of drug-likeness (QED) is 0.348. The Morgan fingerprint density at radius 3 is 2.53 bits per heavy atom. The topological polar surface area (TPSA) is 101 Å². The van der Waals surface area contributed by atoms with Crippen molar-refractivity contribution in [2.45, 2.75) is 59.3 Å². The summed E-state index contributed by atoms with van der Waals surface area (Å²) in [4.78, 5) is 30.3. The number of aliphatic hydroxyl groups is 1. The fourth-order valence-corrected chi connectivity index (χ4v) is 4.30. The molecule has 0 spiro atoms. The van der Waals surface area contributed by atoms with Crippen LogP contribution in [-0.4, -0.2) is 34.1 Å². The molecule has 1 aromatic heterocycles. The zero-order chi connectivity index (χ0) is 26.3. The van der Waals surface area contributed by atoms with Gasteiger partial charge in [0.05, 0.1) is 4.88 Å². The lowest BCUT2D eigenvalue weighted by Crippen LogP contribution is -2.50. The number of aromatic nitrogens is 1. The Morgan fingerprint density at radius 1 is 1.14 bits per heavy atom. The summed E-state index contributed by atoms with van der Waals surface area (Å²) in [6.45, 7) is 7.37. The summed E-state index contributed by atoms with van der Waals surface area (Å²) in [6, 6.07) is 13.0. The van der Waals surface area contributed by atoms with Crippen molar-refractivity contribution >= 4 is 28.3 Å². The lowest BCUT2D eigenvalue weighted by molar-refractivity contribution is -0.137. The number of hydrogen-bond acceptors (Lipinski definition) is 6. The fourth-order valence-electron chi connectivity index (χ4n) is 3.43. The highest BCUT2D eigenvalue weighted by atomic mass is 32.1. The first kappa shape index (κ1) is 27.3. The minimum atomic E-state index is -1.25. The van der Waals surface area contributed by atoms with Gasteiger partial charge in [-0.3, -0.25) is 9.59 Å². The molecule has 0 radical (unpaired) electrons. The summed E-state index contributed by atoms with van der Waals surface area (Å²) in [6.07, 6.45) is 1.37.